The molecule has 3 nitrogen and oxygen atoms in total. The highest BCUT2D eigenvalue weighted by molar-refractivity contribution is 5.95. The third-order valence-electron chi connectivity index (χ3n) is 3.88. The quantitative estimate of drug-likeness (QED) is 0.835. The average molecular weight is 252 g/mol. The molecule has 0 saturated heterocycles. The number of rotatable bonds is 2. The Labute approximate surface area is 112 Å². The Morgan fingerprint density at radius 2 is 2.11 bits per heavy atom. The van der Waals surface area contributed by atoms with E-state index in [-0.39, 0.29) is 5.91 Å². The van der Waals surface area contributed by atoms with Crippen molar-refractivity contribution in [1.29, 1.82) is 0 Å². The number of fused-ring (bicyclic) bond motifs is 1. The summed E-state index contributed by atoms with van der Waals surface area (Å²) >= 11 is 0. The van der Waals surface area contributed by atoms with E-state index in [1.54, 1.807) is 6.20 Å². The molecular weight excluding hydrogens is 236 g/mol. The summed E-state index contributed by atoms with van der Waals surface area (Å²) < 4.78 is 0. The summed E-state index contributed by atoms with van der Waals surface area (Å²) in [7, 11) is 0. The van der Waals surface area contributed by atoms with E-state index in [4.69, 9.17) is 5.73 Å². The summed E-state index contributed by atoms with van der Waals surface area (Å²) in [5, 5.41) is 2.10. The van der Waals surface area contributed by atoms with Gasteiger partial charge in [-0.25, -0.2) is 0 Å². The van der Waals surface area contributed by atoms with E-state index in [0.717, 1.165) is 35.7 Å². The number of aromatic nitrogens is 1. The zero-order chi connectivity index (χ0) is 13.3. The maximum Gasteiger partial charge on any atom is 0.233 e. The van der Waals surface area contributed by atoms with Gasteiger partial charge < -0.3 is 5.73 Å². The number of benzene rings is 1. The van der Waals surface area contributed by atoms with Crippen LogP contribution in [0.1, 0.15) is 25.0 Å². The smallest absolute Gasteiger partial charge is 0.233 e. The van der Waals surface area contributed by atoms with Gasteiger partial charge in [-0.2, -0.15) is 0 Å². The van der Waals surface area contributed by atoms with Gasteiger partial charge in [0.15, 0.2) is 0 Å². The Kier molecular flexibility index (Phi) is 2.82. The molecule has 19 heavy (non-hydrogen) atoms. The predicted molar refractivity (Wildman–Crippen MR) is 75.6 cm³/mol. The molecular formula is C16H16N2O. The summed E-state index contributed by atoms with van der Waals surface area (Å²) in [5.41, 5.74) is 5.73. The van der Waals surface area contributed by atoms with Crippen LogP contribution in [0.4, 0.5) is 0 Å². The Morgan fingerprint density at radius 1 is 1.26 bits per heavy atom. The fourth-order valence-corrected chi connectivity index (χ4v) is 2.86. The highest BCUT2D eigenvalue weighted by Crippen LogP contribution is 2.37. The van der Waals surface area contributed by atoms with Gasteiger partial charge in [-0.3, -0.25) is 9.78 Å². The van der Waals surface area contributed by atoms with Gasteiger partial charge in [-0.05, 0) is 30.7 Å². The number of allylic oxidation sites excluding steroid dienone is 1. The van der Waals surface area contributed by atoms with Crippen LogP contribution in [-0.4, -0.2) is 10.9 Å². The molecule has 1 aromatic heterocycles. The third-order valence-corrected chi connectivity index (χ3v) is 3.88. The van der Waals surface area contributed by atoms with Crippen LogP contribution in [0.3, 0.4) is 0 Å². The lowest BCUT2D eigenvalue weighted by atomic mass is 9.74. The molecule has 0 radical (unpaired) electrons. The van der Waals surface area contributed by atoms with Gasteiger partial charge >= 0.3 is 0 Å². The third kappa shape index (κ3) is 1.82. The topological polar surface area (TPSA) is 56.0 Å². The van der Waals surface area contributed by atoms with Gasteiger partial charge in [-0.15, -0.1) is 0 Å². The monoisotopic (exact) mass is 252 g/mol. The van der Waals surface area contributed by atoms with Crippen LogP contribution in [0.15, 0.2) is 48.7 Å². The van der Waals surface area contributed by atoms with Crippen molar-refractivity contribution in [3.05, 3.63) is 54.4 Å². The van der Waals surface area contributed by atoms with E-state index in [1.165, 1.54) is 0 Å². The second-order valence-electron chi connectivity index (χ2n) is 5.01. The zero-order valence-corrected chi connectivity index (χ0v) is 10.7. The first-order chi connectivity index (χ1) is 9.24. The molecule has 1 aliphatic carbocycles. The predicted octanol–water partition coefficient (Wildman–Crippen LogP) is 2.70. The van der Waals surface area contributed by atoms with E-state index in [2.05, 4.69) is 4.98 Å². The lowest BCUT2D eigenvalue weighted by Crippen LogP contribution is -2.41. The first-order valence-electron chi connectivity index (χ1n) is 6.56. The fraction of sp³-hybridized carbons (Fsp3) is 0.250. The molecule has 1 heterocycles. The van der Waals surface area contributed by atoms with Crippen molar-refractivity contribution < 1.29 is 4.79 Å². The number of primary amides is 1. The second kappa shape index (κ2) is 4.50. The van der Waals surface area contributed by atoms with Crippen LogP contribution >= 0.6 is 0 Å². The minimum atomic E-state index is -0.751. The van der Waals surface area contributed by atoms with Crippen LogP contribution in [-0.2, 0) is 10.2 Å². The highest BCUT2D eigenvalue weighted by Gasteiger charge is 2.39. The normalized spacial score (nSPS) is 22.5. The Morgan fingerprint density at radius 3 is 2.84 bits per heavy atom. The molecule has 1 aromatic carbocycles. The number of nitrogens with two attached hydrogens (primary N) is 1. The van der Waals surface area contributed by atoms with Crippen molar-refractivity contribution in [1.82, 2.24) is 4.98 Å². The molecule has 2 aromatic rings. The molecule has 96 valence electrons. The SMILES string of the molecule is NC(=O)C1(c2nccc3ccccc23)C=CCCC1. The van der Waals surface area contributed by atoms with Gasteiger partial charge in [0.25, 0.3) is 0 Å². The number of amides is 1. The minimum absolute atomic E-state index is 0.313. The number of carbonyl (C=O) groups is 1. The Balaban J connectivity index is 2.30. The molecule has 0 bridgehead atoms. The lowest BCUT2D eigenvalue weighted by Gasteiger charge is -2.30. The van der Waals surface area contributed by atoms with Crippen LogP contribution < -0.4 is 5.73 Å². The fourth-order valence-electron chi connectivity index (χ4n) is 2.86. The number of hydrogen-bond donors (Lipinski definition) is 1. The molecule has 2 N–H and O–H groups in total. The number of hydrogen-bond acceptors (Lipinski definition) is 2. The van der Waals surface area contributed by atoms with E-state index < -0.39 is 5.41 Å². The van der Waals surface area contributed by atoms with Crippen LogP contribution in [0.5, 0.6) is 0 Å². The van der Waals surface area contributed by atoms with Gasteiger partial charge in [-0.1, -0.05) is 36.4 Å². The van der Waals surface area contributed by atoms with E-state index in [9.17, 15) is 4.79 Å². The van der Waals surface area contributed by atoms with Gasteiger partial charge in [0.2, 0.25) is 5.91 Å². The minimum Gasteiger partial charge on any atom is -0.369 e. The standard InChI is InChI=1S/C16H16N2O/c17-15(19)16(9-4-1-5-10-16)14-13-7-3-2-6-12(13)8-11-18-14/h2-4,6-9,11H,1,5,10H2,(H2,17,19). The largest absolute Gasteiger partial charge is 0.369 e. The molecule has 1 atom stereocenters. The first kappa shape index (κ1) is 11.9. The van der Waals surface area contributed by atoms with Crippen LogP contribution in [0.25, 0.3) is 10.8 Å². The highest BCUT2D eigenvalue weighted by atomic mass is 16.1. The molecule has 3 rings (SSSR count). The summed E-state index contributed by atoms with van der Waals surface area (Å²) in [6.45, 7) is 0. The molecule has 1 aliphatic rings. The Hall–Kier alpha value is -2.16. The summed E-state index contributed by atoms with van der Waals surface area (Å²) in [5.74, 6) is -0.313. The van der Waals surface area contributed by atoms with E-state index in [1.807, 2.05) is 42.5 Å². The number of pyridine rings is 1. The second-order valence-corrected chi connectivity index (χ2v) is 5.01. The van der Waals surface area contributed by atoms with Crippen LogP contribution in [0, 0.1) is 0 Å². The average Bonchev–Trinajstić information content (AvgIpc) is 2.47. The molecule has 0 spiro atoms. The molecule has 1 amide bonds. The maximum atomic E-state index is 12.1. The molecule has 0 saturated carbocycles. The van der Waals surface area contributed by atoms with Crippen LogP contribution in [0.2, 0.25) is 0 Å². The van der Waals surface area contributed by atoms with Crippen molar-refractivity contribution in [2.75, 3.05) is 0 Å². The summed E-state index contributed by atoms with van der Waals surface area (Å²) in [6, 6.07) is 9.95. The lowest BCUT2D eigenvalue weighted by molar-refractivity contribution is -0.122. The molecule has 0 aliphatic heterocycles. The summed E-state index contributed by atoms with van der Waals surface area (Å²) in [6.07, 6.45) is 8.43. The molecule has 1 unspecified atom stereocenters. The summed E-state index contributed by atoms with van der Waals surface area (Å²) in [4.78, 5) is 16.5. The van der Waals surface area contributed by atoms with Gasteiger partial charge in [0.1, 0.15) is 5.41 Å². The van der Waals surface area contributed by atoms with E-state index in [0.29, 0.717) is 0 Å². The molecule has 3 heteroatoms. The first-order valence-corrected chi connectivity index (χ1v) is 6.56. The zero-order valence-electron chi connectivity index (χ0n) is 10.7. The van der Waals surface area contributed by atoms with E-state index >= 15 is 0 Å². The molecule has 0 fully saturated rings. The Bertz CT molecular complexity index is 657. The van der Waals surface area contributed by atoms with Gasteiger partial charge in [0, 0.05) is 11.6 Å². The van der Waals surface area contributed by atoms with Crippen molar-refractivity contribution >= 4 is 16.7 Å². The van der Waals surface area contributed by atoms with Crippen molar-refractivity contribution in [3.8, 4) is 0 Å². The van der Waals surface area contributed by atoms with Gasteiger partial charge in [0.05, 0.1) is 5.69 Å². The van der Waals surface area contributed by atoms with Crippen molar-refractivity contribution in [3.63, 3.8) is 0 Å². The number of nitrogens with zero attached hydrogens (tertiary/aromatic N) is 1. The van der Waals surface area contributed by atoms with Crippen molar-refractivity contribution in [2.45, 2.75) is 24.7 Å². The van der Waals surface area contributed by atoms with Crippen molar-refractivity contribution in [2.24, 2.45) is 5.73 Å². The number of carbonyl (C=O) groups excluding carboxylic acids is 1. The maximum absolute atomic E-state index is 12.1.